The van der Waals surface area contributed by atoms with Crippen LogP contribution in [0.5, 0.6) is 0 Å². The minimum absolute atomic E-state index is 0.0145. The molecule has 3 nitrogen and oxygen atoms in total. The number of hydrogen-bond donors (Lipinski definition) is 2. The standard InChI is InChI=1S/C11H20N2O/c14-11-8-1-2-9(11)7-13(6-8)10-3-4-12-5-10/h8-12,14H,1-7H2. The summed E-state index contributed by atoms with van der Waals surface area (Å²) in [6, 6.07) is 0.755. The second kappa shape index (κ2) is 3.47. The molecular weight excluding hydrogens is 176 g/mol. The predicted molar refractivity (Wildman–Crippen MR) is 55.1 cm³/mol. The van der Waals surface area contributed by atoms with Crippen LogP contribution in [-0.2, 0) is 0 Å². The number of aliphatic hydroxyl groups excluding tert-OH is 1. The summed E-state index contributed by atoms with van der Waals surface area (Å²) in [5.74, 6) is 1.16. The quantitative estimate of drug-likeness (QED) is 0.622. The van der Waals surface area contributed by atoms with Crippen LogP contribution >= 0.6 is 0 Å². The minimum Gasteiger partial charge on any atom is -0.392 e. The highest BCUT2D eigenvalue weighted by atomic mass is 16.3. The van der Waals surface area contributed by atoms with Gasteiger partial charge in [-0.05, 0) is 37.6 Å². The van der Waals surface area contributed by atoms with Crippen LogP contribution < -0.4 is 5.32 Å². The van der Waals surface area contributed by atoms with E-state index in [0.717, 1.165) is 25.7 Å². The van der Waals surface area contributed by atoms with Crippen molar-refractivity contribution in [2.45, 2.75) is 31.4 Å². The Morgan fingerprint density at radius 1 is 1.07 bits per heavy atom. The lowest BCUT2D eigenvalue weighted by Gasteiger charge is -2.38. The molecule has 2 aliphatic heterocycles. The van der Waals surface area contributed by atoms with Crippen molar-refractivity contribution >= 4 is 0 Å². The number of hydrogen-bond acceptors (Lipinski definition) is 3. The molecule has 2 bridgehead atoms. The number of piperidine rings is 1. The van der Waals surface area contributed by atoms with E-state index in [-0.39, 0.29) is 6.10 Å². The lowest BCUT2D eigenvalue weighted by molar-refractivity contribution is 0.00314. The van der Waals surface area contributed by atoms with Crippen LogP contribution in [-0.4, -0.2) is 48.3 Å². The van der Waals surface area contributed by atoms with E-state index in [1.165, 1.54) is 25.8 Å². The third kappa shape index (κ3) is 1.38. The summed E-state index contributed by atoms with van der Waals surface area (Å²) in [6.45, 7) is 4.63. The summed E-state index contributed by atoms with van der Waals surface area (Å²) in [6.07, 6.45) is 3.82. The molecule has 1 saturated carbocycles. The molecule has 0 aromatic rings. The first-order valence-electron chi connectivity index (χ1n) is 5.97. The summed E-state index contributed by atoms with van der Waals surface area (Å²) in [4.78, 5) is 2.62. The first-order chi connectivity index (χ1) is 6.84. The molecule has 2 saturated heterocycles. The van der Waals surface area contributed by atoms with Gasteiger partial charge in [0.1, 0.15) is 0 Å². The maximum absolute atomic E-state index is 9.93. The molecule has 2 heterocycles. The largest absolute Gasteiger partial charge is 0.392 e. The number of rotatable bonds is 1. The zero-order valence-corrected chi connectivity index (χ0v) is 8.65. The number of likely N-dealkylation sites (tertiary alicyclic amines) is 1. The van der Waals surface area contributed by atoms with Crippen molar-refractivity contribution in [3.63, 3.8) is 0 Å². The topological polar surface area (TPSA) is 35.5 Å². The molecule has 3 atom stereocenters. The van der Waals surface area contributed by atoms with Gasteiger partial charge in [0.25, 0.3) is 0 Å². The molecule has 0 aromatic carbocycles. The number of aliphatic hydroxyl groups is 1. The molecule has 3 unspecified atom stereocenters. The Labute approximate surface area is 85.5 Å². The second-order valence-corrected chi connectivity index (χ2v) is 5.19. The molecule has 0 spiro atoms. The van der Waals surface area contributed by atoms with Crippen LogP contribution in [0.3, 0.4) is 0 Å². The normalized spacial score (nSPS) is 48.6. The van der Waals surface area contributed by atoms with E-state index in [0.29, 0.717) is 11.8 Å². The van der Waals surface area contributed by atoms with Crippen molar-refractivity contribution in [1.82, 2.24) is 10.2 Å². The highest BCUT2D eigenvalue weighted by molar-refractivity contribution is 4.96. The Kier molecular flexibility index (Phi) is 2.26. The Morgan fingerprint density at radius 3 is 2.36 bits per heavy atom. The van der Waals surface area contributed by atoms with Gasteiger partial charge in [-0.3, -0.25) is 4.90 Å². The molecule has 3 fully saturated rings. The Hall–Kier alpha value is -0.120. The molecule has 3 heteroatoms. The first-order valence-corrected chi connectivity index (χ1v) is 5.97. The molecule has 80 valence electrons. The highest BCUT2D eigenvalue weighted by Crippen LogP contribution is 2.37. The van der Waals surface area contributed by atoms with Crippen molar-refractivity contribution in [2.24, 2.45) is 11.8 Å². The van der Waals surface area contributed by atoms with Gasteiger partial charge >= 0.3 is 0 Å². The van der Waals surface area contributed by atoms with E-state index in [4.69, 9.17) is 0 Å². The van der Waals surface area contributed by atoms with Gasteiger partial charge in [0.2, 0.25) is 0 Å². The SMILES string of the molecule is OC1C2CCC1CN(C1CCNC1)C2. The highest BCUT2D eigenvalue weighted by Gasteiger charge is 2.42. The van der Waals surface area contributed by atoms with Crippen LogP contribution in [0.25, 0.3) is 0 Å². The van der Waals surface area contributed by atoms with Crippen molar-refractivity contribution in [1.29, 1.82) is 0 Å². The van der Waals surface area contributed by atoms with Crippen LogP contribution in [0.1, 0.15) is 19.3 Å². The Bertz CT molecular complexity index is 201. The summed E-state index contributed by atoms with van der Waals surface area (Å²) in [7, 11) is 0. The van der Waals surface area contributed by atoms with Gasteiger partial charge in [-0.1, -0.05) is 0 Å². The van der Waals surface area contributed by atoms with Gasteiger partial charge in [-0.2, -0.15) is 0 Å². The molecule has 3 aliphatic rings. The van der Waals surface area contributed by atoms with E-state index in [1.54, 1.807) is 0 Å². The monoisotopic (exact) mass is 196 g/mol. The summed E-state index contributed by atoms with van der Waals surface area (Å²) in [5.41, 5.74) is 0. The third-order valence-corrected chi connectivity index (χ3v) is 4.36. The maximum atomic E-state index is 9.93. The van der Waals surface area contributed by atoms with Crippen LogP contribution in [0, 0.1) is 11.8 Å². The number of fused-ring (bicyclic) bond motifs is 2. The Morgan fingerprint density at radius 2 is 1.79 bits per heavy atom. The van der Waals surface area contributed by atoms with E-state index >= 15 is 0 Å². The van der Waals surface area contributed by atoms with E-state index in [9.17, 15) is 5.11 Å². The molecule has 0 amide bonds. The molecule has 2 N–H and O–H groups in total. The molecule has 0 radical (unpaired) electrons. The molecule has 1 aliphatic carbocycles. The van der Waals surface area contributed by atoms with Crippen molar-refractivity contribution in [3.05, 3.63) is 0 Å². The molecule has 0 aromatic heterocycles. The van der Waals surface area contributed by atoms with Gasteiger partial charge in [-0.25, -0.2) is 0 Å². The number of nitrogens with one attached hydrogen (secondary N) is 1. The van der Waals surface area contributed by atoms with Crippen molar-refractivity contribution in [3.8, 4) is 0 Å². The van der Waals surface area contributed by atoms with Crippen LogP contribution in [0.4, 0.5) is 0 Å². The van der Waals surface area contributed by atoms with Crippen LogP contribution in [0.2, 0.25) is 0 Å². The molecule has 14 heavy (non-hydrogen) atoms. The van der Waals surface area contributed by atoms with Gasteiger partial charge in [0, 0.05) is 25.7 Å². The summed E-state index contributed by atoms with van der Waals surface area (Å²) < 4.78 is 0. The maximum Gasteiger partial charge on any atom is 0.0620 e. The smallest absolute Gasteiger partial charge is 0.0620 e. The third-order valence-electron chi connectivity index (χ3n) is 4.36. The fraction of sp³-hybridized carbons (Fsp3) is 1.00. The van der Waals surface area contributed by atoms with E-state index in [1.807, 2.05) is 0 Å². The van der Waals surface area contributed by atoms with Gasteiger partial charge in [-0.15, -0.1) is 0 Å². The minimum atomic E-state index is 0.0145. The van der Waals surface area contributed by atoms with Crippen molar-refractivity contribution < 1.29 is 5.11 Å². The average Bonchev–Trinajstić information content (AvgIpc) is 2.75. The van der Waals surface area contributed by atoms with Crippen LogP contribution in [0.15, 0.2) is 0 Å². The summed E-state index contributed by atoms with van der Waals surface area (Å²) >= 11 is 0. The lowest BCUT2D eigenvalue weighted by atomic mass is 9.94. The van der Waals surface area contributed by atoms with Gasteiger partial charge in [0.15, 0.2) is 0 Å². The summed E-state index contributed by atoms with van der Waals surface area (Å²) in [5, 5.41) is 13.4. The fourth-order valence-electron chi connectivity index (χ4n) is 3.48. The zero-order valence-electron chi connectivity index (χ0n) is 8.65. The average molecular weight is 196 g/mol. The van der Waals surface area contributed by atoms with Gasteiger partial charge in [0.05, 0.1) is 6.10 Å². The van der Waals surface area contributed by atoms with Gasteiger partial charge < -0.3 is 10.4 Å². The molecule has 3 rings (SSSR count). The number of nitrogens with zero attached hydrogens (tertiary/aromatic N) is 1. The van der Waals surface area contributed by atoms with Crippen molar-refractivity contribution in [2.75, 3.05) is 26.2 Å². The van der Waals surface area contributed by atoms with E-state index < -0.39 is 0 Å². The zero-order chi connectivity index (χ0) is 9.54. The lowest BCUT2D eigenvalue weighted by Crippen LogP contribution is -2.49. The predicted octanol–water partition coefficient (Wildman–Crippen LogP) is 0.0510. The second-order valence-electron chi connectivity index (χ2n) is 5.19. The molecular formula is C11H20N2O. The Balaban J connectivity index is 1.67. The van der Waals surface area contributed by atoms with E-state index in [2.05, 4.69) is 10.2 Å². The fourth-order valence-corrected chi connectivity index (χ4v) is 3.48. The first kappa shape index (κ1) is 9.13.